The Balaban J connectivity index is 2.73. The highest BCUT2D eigenvalue weighted by atomic mass is 16.3. The first-order chi connectivity index (χ1) is 9.42. The molecule has 0 radical (unpaired) electrons. The Labute approximate surface area is 126 Å². The monoisotopic (exact) mass is 284 g/mol. The van der Waals surface area contributed by atoms with E-state index < -0.39 is 0 Å². The van der Waals surface area contributed by atoms with Crippen molar-refractivity contribution in [3.8, 4) is 0 Å². The SMILES string of the molecule is CCNC1(CO)CCCC(N(CC(C)C)CC(C)C)C1. The summed E-state index contributed by atoms with van der Waals surface area (Å²) in [7, 11) is 0. The van der Waals surface area contributed by atoms with Crippen LogP contribution in [0.4, 0.5) is 0 Å². The lowest BCUT2D eigenvalue weighted by Crippen LogP contribution is -2.56. The molecule has 0 amide bonds. The average Bonchev–Trinajstić information content (AvgIpc) is 2.37. The molecule has 1 aliphatic rings. The molecule has 0 spiro atoms. The van der Waals surface area contributed by atoms with E-state index in [4.69, 9.17) is 0 Å². The van der Waals surface area contributed by atoms with Crippen LogP contribution in [0.1, 0.15) is 60.3 Å². The minimum Gasteiger partial charge on any atom is -0.394 e. The van der Waals surface area contributed by atoms with Gasteiger partial charge in [0.1, 0.15) is 0 Å². The van der Waals surface area contributed by atoms with Gasteiger partial charge in [0.15, 0.2) is 0 Å². The largest absolute Gasteiger partial charge is 0.394 e. The van der Waals surface area contributed by atoms with E-state index in [1.807, 2.05) is 0 Å². The highest BCUT2D eigenvalue weighted by Gasteiger charge is 2.37. The number of rotatable bonds is 8. The van der Waals surface area contributed by atoms with Gasteiger partial charge in [-0.2, -0.15) is 0 Å². The van der Waals surface area contributed by atoms with Gasteiger partial charge in [-0.3, -0.25) is 4.90 Å². The first-order valence-corrected chi connectivity index (χ1v) is 8.52. The molecular formula is C17H36N2O. The second kappa shape index (κ2) is 8.35. The fraction of sp³-hybridized carbons (Fsp3) is 1.00. The minimum absolute atomic E-state index is 0.0378. The second-order valence-electron chi connectivity index (χ2n) is 7.46. The van der Waals surface area contributed by atoms with Gasteiger partial charge in [-0.15, -0.1) is 0 Å². The number of hydrogen-bond acceptors (Lipinski definition) is 3. The van der Waals surface area contributed by atoms with Gasteiger partial charge in [-0.25, -0.2) is 0 Å². The van der Waals surface area contributed by atoms with Gasteiger partial charge in [-0.1, -0.05) is 34.6 Å². The van der Waals surface area contributed by atoms with Crippen LogP contribution >= 0.6 is 0 Å². The maximum atomic E-state index is 9.85. The Morgan fingerprint density at radius 2 is 1.80 bits per heavy atom. The lowest BCUT2D eigenvalue weighted by atomic mass is 9.78. The first-order valence-electron chi connectivity index (χ1n) is 8.52. The molecule has 20 heavy (non-hydrogen) atoms. The molecule has 1 saturated carbocycles. The molecule has 1 aliphatic carbocycles. The number of hydrogen-bond donors (Lipinski definition) is 2. The summed E-state index contributed by atoms with van der Waals surface area (Å²) in [6.45, 7) is 14.9. The number of aliphatic hydroxyl groups is 1. The molecule has 0 saturated heterocycles. The molecule has 2 unspecified atom stereocenters. The average molecular weight is 284 g/mol. The van der Waals surface area contributed by atoms with Crippen LogP contribution in [0.15, 0.2) is 0 Å². The molecule has 1 fully saturated rings. The summed E-state index contributed by atoms with van der Waals surface area (Å²) in [6.07, 6.45) is 4.72. The van der Waals surface area contributed by atoms with E-state index >= 15 is 0 Å². The quantitative estimate of drug-likeness (QED) is 0.719. The minimum atomic E-state index is -0.0378. The topological polar surface area (TPSA) is 35.5 Å². The lowest BCUT2D eigenvalue weighted by Gasteiger charge is -2.45. The van der Waals surface area contributed by atoms with Gasteiger partial charge in [0.05, 0.1) is 6.61 Å². The lowest BCUT2D eigenvalue weighted by molar-refractivity contribution is 0.0495. The van der Waals surface area contributed by atoms with E-state index in [9.17, 15) is 5.11 Å². The van der Waals surface area contributed by atoms with Crippen LogP contribution in [0.5, 0.6) is 0 Å². The summed E-state index contributed by atoms with van der Waals surface area (Å²) in [4.78, 5) is 2.68. The van der Waals surface area contributed by atoms with Crippen LogP contribution < -0.4 is 5.32 Å². The Bertz CT molecular complexity index is 254. The van der Waals surface area contributed by atoms with Gasteiger partial charge in [0.25, 0.3) is 0 Å². The molecule has 0 aromatic rings. The van der Waals surface area contributed by atoms with E-state index in [0.717, 1.165) is 19.4 Å². The fourth-order valence-corrected chi connectivity index (χ4v) is 3.69. The molecule has 0 bridgehead atoms. The Morgan fingerprint density at radius 3 is 2.25 bits per heavy atom. The zero-order chi connectivity index (χ0) is 15.2. The first kappa shape index (κ1) is 17.9. The molecule has 120 valence electrons. The summed E-state index contributed by atoms with van der Waals surface area (Å²) in [5.74, 6) is 1.41. The van der Waals surface area contributed by atoms with E-state index in [0.29, 0.717) is 17.9 Å². The van der Waals surface area contributed by atoms with Gasteiger partial charge >= 0.3 is 0 Å². The smallest absolute Gasteiger partial charge is 0.0613 e. The van der Waals surface area contributed by atoms with Crippen molar-refractivity contribution in [1.82, 2.24) is 10.2 Å². The summed E-state index contributed by atoms with van der Waals surface area (Å²) in [6, 6.07) is 0.625. The van der Waals surface area contributed by atoms with Gasteiger partial charge in [-0.05, 0) is 44.1 Å². The van der Waals surface area contributed by atoms with E-state index in [1.165, 1.54) is 25.9 Å². The molecule has 0 aromatic heterocycles. The van der Waals surface area contributed by atoms with Crippen molar-refractivity contribution < 1.29 is 5.11 Å². The molecule has 0 aromatic carbocycles. The summed E-state index contributed by atoms with van der Waals surface area (Å²) in [5, 5.41) is 13.4. The van der Waals surface area contributed by atoms with Crippen molar-refractivity contribution in [2.75, 3.05) is 26.2 Å². The normalized spacial score (nSPS) is 27.8. The number of aliphatic hydroxyl groups excluding tert-OH is 1. The van der Waals surface area contributed by atoms with Crippen molar-refractivity contribution >= 4 is 0 Å². The number of nitrogens with zero attached hydrogens (tertiary/aromatic N) is 1. The van der Waals surface area contributed by atoms with Crippen molar-refractivity contribution in [2.45, 2.75) is 71.9 Å². The van der Waals surface area contributed by atoms with Crippen LogP contribution in [-0.4, -0.2) is 47.8 Å². The third-order valence-corrected chi connectivity index (χ3v) is 4.39. The number of nitrogens with one attached hydrogen (secondary N) is 1. The van der Waals surface area contributed by atoms with Crippen molar-refractivity contribution in [3.05, 3.63) is 0 Å². The molecule has 0 aliphatic heterocycles. The summed E-state index contributed by atoms with van der Waals surface area (Å²) >= 11 is 0. The second-order valence-corrected chi connectivity index (χ2v) is 7.46. The van der Waals surface area contributed by atoms with Crippen LogP contribution in [0, 0.1) is 11.8 Å². The maximum Gasteiger partial charge on any atom is 0.0613 e. The van der Waals surface area contributed by atoms with E-state index in [2.05, 4.69) is 44.8 Å². The van der Waals surface area contributed by atoms with Gasteiger partial charge < -0.3 is 10.4 Å². The molecule has 1 rings (SSSR count). The molecule has 3 heteroatoms. The summed E-state index contributed by atoms with van der Waals surface area (Å²) < 4.78 is 0. The predicted octanol–water partition coefficient (Wildman–Crippen LogP) is 2.88. The zero-order valence-electron chi connectivity index (χ0n) is 14.3. The summed E-state index contributed by atoms with van der Waals surface area (Å²) in [5.41, 5.74) is -0.0378. The Kier molecular flexibility index (Phi) is 7.49. The van der Waals surface area contributed by atoms with Crippen molar-refractivity contribution in [2.24, 2.45) is 11.8 Å². The van der Waals surface area contributed by atoms with Crippen molar-refractivity contribution in [1.29, 1.82) is 0 Å². The van der Waals surface area contributed by atoms with Gasteiger partial charge in [0, 0.05) is 24.7 Å². The molecule has 2 atom stereocenters. The molecule has 0 heterocycles. The fourth-order valence-electron chi connectivity index (χ4n) is 3.69. The van der Waals surface area contributed by atoms with E-state index in [-0.39, 0.29) is 12.1 Å². The van der Waals surface area contributed by atoms with E-state index in [1.54, 1.807) is 0 Å². The third-order valence-electron chi connectivity index (χ3n) is 4.39. The molecule has 3 nitrogen and oxygen atoms in total. The predicted molar refractivity (Wildman–Crippen MR) is 87.0 cm³/mol. The van der Waals surface area contributed by atoms with Crippen LogP contribution in [0.25, 0.3) is 0 Å². The van der Waals surface area contributed by atoms with Crippen molar-refractivity contribution in [3.63, 3.8) is 0 Å². The number of likely N-dealkylation sites (N-methyl/N-ethyl adjacent to an activating group) is 1. The standard InChI is InChI=1S/C17H36N2O/c1-6-18-17(13-20)9-7-8-16(10-17)19(11-14(2)3)12-15(4)5/h14-16,18,20H,6-13H2,1-5H3. The van der Waals surface area contributed by atoms with Crippen LogP contribution in [-0.2, 0) is 0 Å². The Morgan fingerprint density at radius 1 is 1.20 bits per heavy atom. The third kappa shape index (κ3) is 5.34. The van der Waals surface area contributed by atoms with Crippen LogP contribution in [0.3, 0.4) is 0 Å². The molecule has 2 N–H and O–H groups in total. The van der Waals surface area contributed by atoms with Gasteiger partial charge in [0.2, 0.25) is 0 Å². The highest BCUT2D eigenvalue weighted by Crippen LogP contribution is 2.31. The highest BCUT2D eigenvalue weighted by molar-refractivity contribution is 4.96. The zero-order valence-corrected chi connectivity index (χ0v) is 14.3. The van der Waals surface area contributed by atoms with Crippen LogP contribution in [0.2, 0.25) is 0 Å². The maximum absolute atomic E-state index is 9.85. The molecular weight excluding hydrogens is 248 g/mol. The Hall–Kier alpha value is -0.120.